The molecule has 1 fully saturated rings. The first-order valence-electron chi connectivity index (χ1n) is 6.18. The van der Waals surface area contributed by atoms with Gasteiger partial charge in [0.05, 0.1) is 12.9 Å². The first kappa shape index (κ1) is 11.7. The lowest BCUT2D eigenvalue weighted by molar-refractivity contribution is 0.0570. The molecule has 3 nitrogen and oxygen atoms in total. The smallest absolute Gasteiger partial charge is 0.129 e. The molecule has 16 heavy (non-hydrogen) atoms. The van der Waals surface area contributed by atoms with E-state index < -0.39 is 0 Å². The Bertz CT molecular complexity index is 287. The van der Waals surface area contributed by atoms with Gasteiger partial charge in [-0.3, -0.25) is 0 Å². The third kappa shape index (κ3) is 3.35. The van der Waals surface area contributed by atoms with Crippen molar-refractivity contribution >= 4 is 0 Å². The molecule has 0 saturated heterocycles. The molecule has 0 aromatic carbocycles. The van der Waals surface area contributed by atoms with Gasteiger partial charge >= 0.3 is 0 Å². The predicted octanol–water partition coefficient (Wildman–Crippen LogP) is 2.85. The van der Waals surface area contributed by atoms with Crippen LogP contribution in [0.5, 0.6) is 0 Å². The third-order valence-corrected chi connectivity index (χ3v) is 3.31. The van der Waals surface area contributed by atoms with Gasteiger partial charge in [0.15, 0.2) is 0 Å². The topological polar surface area (TPSA) is 48.4 Å². The van der Waals surface area contributed by atoms with Crippen LogP contribution in [0, 0.1) is 0 Å². The van der Waals surface area contributed by atoms with E-state index in [1.54, 1.807) is 6.26 Å². The van der Waals surface area contributed by atoms with Crippen LogP contribution in [0.25, 0.3) is 0 Å². The van der Waals surface area contributed by atoms with Crippen molar-refractivity contribution in [3.05, 3.63) is 24.2 Å². The minimum atomic E-state index is -0.108. The average Bonchev–Trinajstić information content (AvgIpc) is 2.68. The second kappa shape index (κ2) is 5.51. The Balaban J connectivity index is 1.75. The summed E-state index contributed by atoms with van der Waals surface area (Å²) in [4.78, 5) is 0. The van der Waals surface area contributed by atoms with Gasteiger partial charge in [-0.25, -0.2) is 0 Å². The zero-order chi connectivity index (χ0) is 11.3. The number of hydrogen-bond donors (Lipinski definition) is 1. The van der Waals surface area contributed by atoms with E-state index in [-0.39, 0.29) is 5.54 Å². The number of furan rings is 1. The molecule has 0 radical (unpaired) electrons. The molecule has 0 aliphatic heterocycles. The summed E-state index contributed by atoms with van der Waals surface area (Å²) in [6, 6.07) is 3.80. The molecule has 1 aliphatic rings. The van der Waals surface area contributed by atoms with E-state index in [2.05, 4.69) is 0 Å². The van der Waals surface area contributed by atoms with Gasteiger partial charge in [-0.05, 0) is 25.0 Å². The van der Waals surface area contributed by atoms with Gasteiger partial charge in [-0.1, -0.05) is 25.7 Å². The van der Waals surface area contributed by atoms with Crippen molar-refractivity contribution in [2.24, 2.45) is 5.73 Å². The summed E-state index contributed by atoms with van der Waals surface area (Å²) in [5.41, 5.74) is 6.23. The number of nitrogens with two attached hydrogens (primary N) is 1. The van der Waals surface area contributed by atoms with E-state index in [0.29, 0.717) is 13.2 Å². The fourth-order valence-corrected chi connectivity index (χ4v) is 2.33. The van der Waals surface area contributed by atoms with Gasteiger partial charge in [0.2, 0.25) is 0 Å². The molecule has 1 aromatic heterocycles. The van der Waals surface area contributed by atoms with Crippen molar-refractivity contribution in [1.82, 2.24) is 0 Å². The summed E-state index contributed by atoms with van der Waals surface area (Å²) in [7, 11) is 0. The minimum absolute atomic E-state index is 0.108. The van der Waals surface area contributed by atoms with Crippen LogP contribution < -0.4 is 5.73 Å². The Morgan fingerprint density at radius 1 is 1.25 bits per heavy atom. The Morgan fingerprint density at radius 2 is 2.00 bits per heavy atom. The highest BCUT2D eigenvalue weighted by Crippen LogP contribution is 2.25. The van der Waals surface area contributed by atoms with Crippen LogP contribution in [-0.4, -0.2) is 12.1 Å². The summed E-state index contributed by atoms with van der Waals surface area (Å²) in [5.74, 6) is 0.872. The lowest BCUT2D eigenvalue weighted by Crippen LogP contribution is -2.43. The van der Waals surface area contributed by atoms with Gasteiger partial charge < -0.3 is 14.9 Å². The zero-order valence-corrected chi connectivity index (χ0v) is 9.78. The summed E-state index contributed by atoms with van der Waals surface area (Å²) in [6.45, 7) is 1.18. The van der Waals surface area contributed by atoms with Crippen molar-refractivity contribution < 1.29 is 9.15 Å². The molecule has 1 aliphatic carbocycles. The molecular formula is C13H21NO2. The van der Waals surface area contributed by atoms with Gasteiger partial charge in [0, 0.05) is 5.54 Å². The maximum Gasteiger partial charge on any atom is 0.129 e. The third-order valence-electron chi connectivity index (χ3n) is 3.31. The highest BCUT2D eigenvalue weighted by Gasteiger charge is 2.26. The number of hydrogen-bond acceptors (Lipinski definition) is 3. The van der Waals surface area contributed by atoms with Gasteiger partial charge in [0.25, 0.3) is 0 Å². The van der Waals surface area contributed by atoms with E-state index in [4.69, 9.17) is 14.9 Å². The quantitative estimate of drug-likeness (QED) is 0.798. The summed E-state index contributed by atoms with van der Waals surface area (Å²) >= 11 is 0. The Morgan fingerprint density at radius 3 is 2.62 bits per heavy atom. The van der Waals surface area contributed by atoms with Crippen molar-refractivity contribution in [3.63, 3.8) is 0 Å². The molecule has 0 bridgehead atoms. The largest absolute Gasteiger partial charge is 0.467 e. The number of rotatable bonds is 4. The maximum absolute atomic E-state index is 6.34. The Labute approximate surface area is 97.0 Å². The van der Waals surface area contributed by atoms with E-state index in [9.17, 15) is 0 Å². The zero-order valence-electron chi connectivity index (χ0n) is 9.78. The van der Waals surface area contributed by atoms with Crippen LogP contribution in [0.15, 0.2) is 22.8 Å². The molecule has 3 heteroatoms. The van der Waals surface area contributed by atoms with Gasteiger partial charge in [-0.15, -0.1) is 0 Å². The standard InChI is InChI=1S/C13H21NO2/c14-13(7-3-1-2-4-8-13)11-15-10-12-6-5-9-16-12/h5-6,9H,1-4,7-8,10-11,14H2. The molecule has 90 valence electrons. The van der Waals surface area contributed by atoms with E-state index in [1.165, 1.54) is 25.7 Å². The Kier molecular flexibility index (Phi) is 4.02. The lowest BCUT2D eigenvalue weighted by atomic mass is 9.93. The lowest BCUT2D eigenvalue weighted by Gasteiger charge is -2.27. The van der Waals surface area contributed by atoms with Crippen molar-refractivity contribution in [3.8, 4) is 0 Å². The molecule has 2 rings (SSSR count). The molecule has 1 heterocycles. The molecule has 1 aromatic rings. The van der Waals surface area contributed by atoms with Crippen molar-refractivity contribution in [2.75, 3.05) is 6.61 Å². The summed E-state index contributed by atoms with van der Waals surface area (Å²) in [6.07, 6.45) is 8.95. The molecular weight excluding hydrogens is 202 g/mol. The van der Waals surface area contributed by atoms with E-state index in [1.807, 2.05) is 12.1 Å². The molecule has 2 N–H and O–H groups in total. The molecule has 1 saturated carbocycles. The molecule has 0 atom stereocenters. The van der Waals surface area contributed by atoms with Crippen LogP contribution in [0.3, 0.4) is 0 Å². The second-order valence-corrected chi connectivity index (χ2v) is 4.85. The van der Waals surface area contributed by atoms with Crippen LogP contribution in [0.4, 0.5) is 0 Å². The molecule has 0 spiro atoms. The molecule has 0 unspecified atom stereocenters. The maximum atomic E-state index is 6.34. The monoisotopic (exact) mass is 223 g/mol. The highest BCUT2D eigenvalue weighted by atomic mass is 16.5. The van der Waals surface area contributed by atoms with Crippen molar-refractivity contribution in [2.45, 2.75) is 50.7 Å². The van der Waals surface area contributed by atoms with Crippen molar-refractivity contribution in [1.29, 1.82) is 0 Å². The van der Waals surface area contributed by atoms with Crippen LogP contribution in [0.1, 0.15) is 44.3 Å². The highest BCUT2D eigenvalue weighted by molar-refractivity contribution is 4.96. The van der Waals surface area contributed by atoms with E-state index >= 15 is 0 Å². The van der Waals surface area contributed by atoms with Gasteiger partial charge in [-0.2, -0.15) is 0 Å². The van der Waals surface area contributed by atoms with Crippen LogP contribution in [-0.2, 0) is 11.3 Å². The Hall–Kier alpha value is -0.800. The second-order valence-electron chi connectivity index (χ2n) is 4.85. The van der Waals surface area contributed by atoms with Crippen LogP contribution >= 0.6 is 0 Å². The fraction of sp³-hybridized carbons (Fsp3) is 0.692. The summed E-state index contributed by atoms with van der Waals surface area (Å²) in [5, 5.41) is 0. The fourth-order valence-electron chi connectivity index (χ4n) is 2.33. The van der Waals surface area contributed by atoms with E-state index in [0.717, 1.165) is 18.6 Å². The minimum Gasteiger partial charge on any atom is -0.467 e. The average molecular weight is 223 g/mol. The summed E-state index contributed by atoms with van der Waals surface area (Å²) < 4.78 is 10.9. The SMILES string of the molecule is NC1(COCc2ccco2)CCCCCC1. The number of ether oxygens (including phenoxy) is 1. The predicted molar refractivity (Wildman–Crippen MR) is 63.0 cm³/mol. The van der Waals surface area contributed by atoms with Crippen LogP contribution in [0.2, 0.25) is 0 Å². The first-order chi connectivity index (χ1) is 7.79. The first-order valence-corrected chi connectivity index (χ1v) is 6.18. The van der Waals surface area contributed by atoms with Gasteiger partial charge in [0.1, 0.15) is 12.4 Å². The molecule has 0 amide bonds. The normalized spacial score (nSPS) is 20.6.